The molecule has 2 rings (SSSR count). The Morgan fingerprint density at radius 1 is 1.40 bits per heavy atom. The van der Waals surface area contributed by atoms with Crippen molar-refractivity contribution in [2.45, 2.75) is 32.2 Å². The standard InChI is InChI=1S/C13H18FN/c1-9(2)7-11-8-13(11,15)10-3-5-12(14)6-4-10/h3-6,9,11H,7-8,15H2,1-2H3. The van der Waals surface area contributed by atoms with Crippen LogP contribution in [0.15, 0.2) is 24.3 Å². The summed E-state index contributed by atoms with van der Waals surface area (Å²) < 4.78 is 12.8. The van der Waals surface area contributed by atoms with Gasteiger partial charge in [0.25, 0.3) is 0 Å². The molecule has 2 unspecified atom stereocenters. The van der Waals surface area contributed by atoms with E-state index in [-0.39, 0.29) is 11.4 Å². The molecule has 1 aromatic carbocycles. The number of halogens is 1. The molecule has 82 valence electrons. The van der Waals surface area contributed by atoms with Crippen LogP contribution in [0.4, 0.5) is 4.39 Å². The van der Waals surface area contributed by atoms with Crippen LogP contribution in [-0.2, 0) is 5.54 Å². The van der Waals surface area contributed by atoms with Crippen LogP contribution in [0.3, 0.4) is 0 Å². The van der Waals surface area contributed by atoms with Gasteiger partial charge in [-0.3, -0.25) is 0 Å². The monoisotopic (exact) mass is 207 g/mol. The number of benzene rings is 1. The predicted octanol–water partition coefficient (Wildman–Crippen LogP) is 3.05. The minimum Gasteiger partial charge on any atom is -0.321 e. The van der Waals surface area contributed by atoms with Crippen molar-refractivity contribution >= 4 is 0 Å². The number of hydrogen-bond donors (Lipinski definition) is 1. The van der Waals surface area contributed by atoms with E-state index >= 15 is 0 Å². The van der Waals surface area contributed by atoms with Gasteiger partial charge in [-0.1, -0.05) is 26.0 Å². The molecule has 0 aliphatic heterocycles. The van der Waals surface area contributed by atoms with Gasteiger partial charge in [0.05, 0.1) is 0 Å². The van der Waals surface area contributed by atoms with Gasteiger partial charge < -0.3 is 5.73 Å². The summed E-state index contributed by atoms with van der Waals surface area (Å²) in [6.45, 7) is 4.42. The minimum absolute atomic E-state index is 0.183. The molecular weight excluding hydrogens is 189 g/mol. The van der Waals surface area contributed by atoms with E-state index in [1.807, 2.05) is 12.1 Å². The highest BCUT2D eigenvalue weighted by Gasteiger charge is 2.51. The summed E-state index contributed by atoms with van der Waals surface area (Å²) in [5, 5.41) is 0. The first-order chi connectivity index (χ1) is 7.02. The summed E-state index contributed by atoms with van der Waals surface area (Å²) in [6, 6.07) is 6.62. The Hall–Kier alpha value is -0.890. The maximum Gasteiger partial charge on any atom is 0.123 e. The fraction of sp³-hybridized carbons (Fsp3) is 0.538. The van der Waals surface area contributed by atoms with Crippen molar-refractivity contribution < 1.29 is 4.39 Å². The zero-order valence-corrected chi connectivity index (χ0v) is 9.33. The molecule has 1 aliphatic rings. The molecule has 1 nitrogen and oxygen atoms in total. The Kier molecular flexibility index (Phi) is 2.55. The maximum atomic E-state index is 12.8. The Morgan fingerprint density at radius 2 is 2.00 bits per heavy atom. The lowest BCUT2D eigenvalue weighted by Crippen LogP contribution is -2.22. The molecular formula is C13H18FN. The van der Waals surface area contributed by atoms with E-state index in [0.717, 1.165) is 18.4 Å². The summed E-state index contributed by atoms with van der Waals surface area (Å²) in [5.74, 6) is 1.06. The first-order valence-corrected chi connectivity index (χ1v) is 5.57. The van der Waals surface area contributed by atoms with E-state index in [1.165, 1.54) is 12.1 Å². The van der Waals surface area contributed by atoms with Crippen LogP contribution < -0.4 is 5.73 Å². The molecule has 15 heavy (non-hydrogen) atoms. The van der Waals surface area contributed by atoms with Crippen LogP contribution in [0.25, 0.3) is 0 Å². The third-order valence-corrected chi connectivity index (χ3v) is 3.29. The molecule has 1 fully saturated rings. The van der Waals surface area contributed by atoms with Gasteiger partial charge in [0.15, 0.2) is 0 Å². The molecule has 1 aromatic rings. The largest absolute Gasteiger partial charge is 0.321 e. The van der Waals surface area contributed by atoms with E-state index in [1.54, 1.807) is 0 Å². The zero-order valence-electron chi connectivity index (χ0n) is 9.33. The van der Waals surface area contributed by atoms with Crippen molar-refractivity contribution in [3.63, 3.8) is 0 Å². The molecule has 1 saturated carbocycles. The maximum absolute atomic E-state index is 12.8. The van der Waals surface area contributed by atoms with Crippen molar-refractivity contribution in [2.24, 2.45) is 17.6 Å². The molecule has 2 N–H and O–H groups in total. The van der Waals surface area contributed by atoms with E-state index in [4.69, 9.17) is 5.73 Å². The van der Waals surface area contributed by atoms with Crippen LogP contribution in [0.5, 0.6) is 0 Å². The third-order valence-electron chi connectivity index (χ3n) is 3.29. The average Bonchev–Trinajstić information content (AvgIpc) is 2.78. The van der Waals surface area contributed by atoms with Gasteiger partial charge in [-0.05, 0) is 42.4 Å². The van der Waals surface area contributed by atoms with Crippen molar-refractivity contribution in [1.82, 2.24) is 0 Å². The quantitative estimate of drug-likeness (QED) is 0.810. The van der Waals surface area contributed by atoms with Gasteiger partial charge in [-0.2, -0.15) is 0 Å². The minimum atomic E-state index is -0.191. The fourth-order valence-corrected chi connectivity index (χ4v) is 2.33. The highest BCUT2D eigenvalue weighted by molar-refractivity contribution is 5.32. The van der Waals surface area contributed by atoms with Gasteiger partial charge in [-0.15, -0.1) is 0 Å². The van der Waals surface area contributed by atoms with Crippen LogP contribution in [-0.4, -0.2) is 0 Å². The third kappa shape index (κ3) is 2.05. The summed E-state index contributed by atoms with van der Waals surface area (Å²) in [6.07, 6.45) is 2.20. The molecule has 0 radical (unpaired) electrons. The lowest BCUT2D eigenvalue weighted by Gasteiger charge is -2.13. The second kappa shape index (κ2) is 3.60. The molecule has 0 heterocycles. The topological polar surface area (TPSA) is 26.0 Å². The Bertz CT molecular complexity index is 344. The molecule has 2 heteroatoms. The molecule has 0 aromatic heterocycles. The Labute approximate surface area is 90.5 Å². The molecule has 0 amide bonds. The smallest absolute Gasteiger partial charge is 0.123 e. The number of rotatable bonds is 3. The second-order valence-electron chi connectivity index (χ2n) is 5.08. The molecule has 0 spiro atoms. The lowest BCUT2D eigenvalue weighted by molar-refractivity contribution is 0.490. The second-order valence-corrected chi connectivity index (χ2v) is 5.08. The van der Waals surface area contributed by atoms with E-state index < -0.39 is 0 Å². The van der Waals surface area contributed by atoms with Crippen LogP contribution in [0.1, 0.15) is 32.3 Å². The van der Waals surface area contributed by atoms with Crippen molar-refractivity contribution in [3.8, 4) is 0 Å². The summed E-state index contributed by atoms with van der Waals surface area (Å²) >= 11 is 0. The van der Waals surface area contributed by atoms with E-state index in [2.05, 4.69) is 13.8 Å². The van der Waals surface area contributed by atoms with Crippen molar-refractivity contribution in [2.75, 3.05) is 0 Å². The van der Waals surface area contributed by atoms with E-state index in [0.29, 0.717) is 11.8 Å². The van der Waals surface area contributed by atoms with Crippen molar-refractivity contribution in [3.05, 3.63) is 35.6 Å². The normalized spacial score (nSPS) is 29.5. The van der Waals surface area contributed by atoms with Gasteiger partial charge in [0.1, 0.15) is 5.82 Å². The molecule has 1 aliphatic carbocycles. The summed E-state index contributed by atoms with van der Waals surface area (Å²) in [5.41, 5.74) is 7.18. The molecule has 0 bridgehead atoms. The highest BCUT2D eigenvalue weighted by Crippen LogP contribution is 2.52. The molecule has 2 atom stereocenters. The van der Waals surface area contributed by atoms with Crippen LogP contribution in [0, 0.1) is 17.7 Å². The average molecular weight is 207 g/mol. The van der Waals surface area contributed by atoms with Crippen LogP contribution in [0.2, 0.25) is 0 Å². The van der Waals surface area contributed by atoms with Gasteiger partial charge >= 0.3 is 0 Å². The summed E-state index contributed by atoms with van der Waals surface area (Å²) in [4.78, 5) is 0. The lowest BCUT2D eigenvalue weighted by atomic mass is 9.98. The van der Waals surface area contributed by atoms with Crippen molar-refractivity contribution in [1.29, 1.82) is 0 Å². The first-order valence-electron chi connectivity index (χ1n) is 5.57. The molecule has 0 saturated heterocycles. The number of nitrogens with two attached hydrogens (primary N) is 1. The zero-order chi connectivity index (χ0) is 11.1. The SMILES string of the molecule is CC(C)CC1CC1(N)c1ccc(F)cc1. The Balaban J connectivity index is 2.09. The van der Waals surface area contributed by atoms with Crippen LogP contribution >= 0.6 is 0 Å². The number of hydrogen-bond acceptors (Lipinski definition) is 1. The predicted molar refractivity (Wildman–Crippen MR) is 59.8 cm³/mol. The van der Waals surface area contributed by atoms with Gasteiger partial charge in [0, 0.05) is 5.54 Å². The first kappa shape index (κ1) is 10.6. The summed E-state index contributed by atoms with van der Waals surface area (Å²) in [7, 11) is 0. The highest BCUT2D eigenvalue weighted by atomic mass is 19.1. The van der Waals surface area contributed by atoms with Gasteiger partial charge in [0.2, 0.25) is 0 Å². The fourth-order valence-electron chi connectivity index (χ4n) is 2.33. The van der Waals surface area contributed by atoms with Gasteiger partial charge in [-0.25, -0.2) is 4.39 Å². The van der Waals surface area contributed by atoms with E-state index in [9.17, 15) is 4.39 Å². The Morgan fingerprint density at radius 3 is 2.53 bits per heavy atom.